The van der Waals surface area contributed by atoms with Gasteiger partial charge in [-0.05, 0) is 45.9 Å². The van der Waals surface area contributed by atoms with E-state index in [9.17, 15) is 9.90 Å². The highest BCUT2D eigenvalue weighted by Gasteiger charge is 2.35. The Hall–Kier alpha value is -1.43. The maximum atomic E-state index is 12.5. The van der Waals surface area contributed by atoms with Gasteiger partial charge in [0.15, 0.2) is 0 Å². The number of aliphatic hydroxyl groups is 1. The largest absolute Gasteiger partial charge is 0.390 e. The zero-order chi connectivity index (χ0) is 15.6. The molecule has 0 spiro atoms. The van der Waals surface area contributed by atoms with Crippen molar-refractivity contribution in [3.8, 4) is 0 Å². The summed E-state index contributed by atoms with van der Waals surface area (Å²) in [5, 5.41) is 10.0. The molecule has 0 bridgehead atoms. The molecule has 2 atom stereocenters. The molecule has 1 aromatic rings. The quantitative estimate of drug-likeness (QED) is 0.877. The molecule has 1 amide bonds. The summed E-state index contributed by atoms with van der Waals surface area (Å²) in [7, 11) is 7.90. The second-order valence-corrected chi connectivity index (χ2v) is 6.24. The van der Waals surface area contributed by atoms with Crippen LogP contribution in [0.5, 0.6) is 0 Å². The first-order valence-electron chi connectivity index (χ1n) is 7.26. The van der Waals surface area contributed by atoms with E-state index in [1.54, 1.807) is 4.90 Å². The number of nitrogens with zero attached hydrogens (tertiary/aromatic N) is 3. The van der Waals surface area contributed by atoms with Gasteiger partial charge in [-0.2, -0.15) is 0 Å². The van der Waals surface area contributed by atoms with Crippen LogP contribution in [0.4, 0.5) is 0 Å². The van der Waals surface area contributed by atoms with E-state index in [1.807, 2.05) is 57.4 Å². The lowest BCUT2D eigenvalue weighted by molar-refractivity contribution is 0.0764. The predicted octanol–water partition coefficient (Wildman–Crippen LogP) is 0.495. The van der Waals surface area contributed by atoms with Gasteiger partial charge in [-0.25, -0.2) is 0 Å². The van der Waals surface area contributed by atoms with Gasteiger partial charge in [-0.1, -0.05) is 12.1 Å². The normalized spacial score (nSPS) is 22.3. The van der Waals surface area contributed by atoms with E-state index >= 15 is 0 Å². The fourth-order valence-corrected chi connectivity index (χ4v) is 2.74. The summed E-state index contributed by atoms with van der Waals surface area (Å²) >= 11 is 0. The van der Waals surface area contributed by atoms with Gasteiger partial charge in [0.25, 0.3) is 5.91 Å². The molecule has 0 aromatic heterocycles. The smallest absolute Gasteiger partial charge is 0.253 e. The van der Waals surface area contributed by atoms with Gasteiger partial charge < -0.3 is 19.8 Å². The third-order valence-corrected chi connectivity index (χ3v) is 3.91. The van der Waals surface area contributed by atoms with E-state index in [0.29, 0.717) is 18.7 Å². The lowest BCUT2D eigenvalue weighted by atomic mass is 10.1. The SMILES string of the molecule is CN(C)Cc1ccc(C(=O)N2C[C@@H](O)[C@H](N(C)C)C2)cc1. The second kappa shape index (κ2) is 6.56. The fourth-order valence-electron chi connectivity index (χ4n) is 2.74. The summed E-state index contributed by atoms with van der Waals surface area (Å²) in [5.41, 5.74) is 1.87. The number of hydrogen-bond donors (Lipinski definition) is 1. The first-order valence-corrected chi connectivity index (χ1v) is 7.26. The van der Waals surface area contributed by atoms with Gasteiger partial charge in [-0.15, -0.1) is 0 Å². The van der Waals surface area contributed by atoms with Crippen molar-refractivity contribution < 1.29 is 9.90 Å². The molecule has 1 N–H and O–H groups in total. The van der Waals surface area contributed by atoms with Gasteiger partial charge >= 0.3 is 0 Å². The maximum Gasteiger partial charge on any atom is 0.253 e. The Kier molecular flexibility index (Phi) is 4.98. The first kappa shape index (κ1) is 15.9. The number of likely N-dealkylation sites (N-methyl/N-ethyl adjacent to an activating group) is 1. The number of carbonyl (C=O) groups is 1. The lowest BCUT2D eigenvalue weighted by Crippen LogP contribution is -2.38. The van der Waals surface area contributed by atoms with Crippen molar-refractivity contribution in [1.29, 1.82) is 0 Å². The van der Waals surface area contributed by atoms with Crippen molar-refractivity contribution in [2.45, 2.75) is 18.7 Å². The van der Waals surface area contributed by atoms with E-state index in [-0.39, 0.29) is 11.9 Å². The number of rotatable bonds is 4. The number of β-amino-alcohol motifs (C(OH)–C–C–N with tert-alkyl or cyclic N) is 1. The van der Waals surface area contributed by atoms with E-state index in [2.05, 4.69) is 4.90 Å². The van der Waals surface area contributed by atoms with Gasteiger partial charge in [0.1, 0.15) is 0 Å². The van der Waals surface area contributed by atoms with Gasteiger partial charge in [0.05, 0.1) is 12.1 Å². The van der Waals surface area contributed by atoms with Crippen LogP contribution in [-0.2, 0) is 6.54 Å². The summed E-state index contributed by atoms with van der Waals surface area (Å²) in [6, 6.07) is 7.74. The molecule has 1 fully saturated rings. The molecule has 0 unspecified atom stereocenters. The molecule has 2 rings (SSSR count). The highest BCUT2D eigenvalue weighted by Crippen LogP contribution is 2.17. The number of carbonyl (C=O) groups excluding carboxylic acids is 1. The van der Waals surface area contributed by atoms with Crippen molar-refractivity contribution in [1.82, 2.24) is 14.7 Å². The van der Waals surface area contributed by atoms with Crippen molar-refractivity contribution in [3.05, 3.63) is 35.4 Å². The molecule has 0 saturated carbocycles. The number of likely N-dealkylation sites (tertiary alicyclic amines) is 1. The Bertz CT molecular complexity index is 485. The second-order valence-electron chi connectivity index (χ2n) is 6.24. The average Bonchev–Trinajstić information content (AvgIpc) is 2.80. The summed E-state index contributed by atoms with van der Waals surface area (Å²) < 4.78 is 0. The van der Waals surface area contributed by atoms with Crippen LogP contribution >= 0.6 is 0 Å². The van der Waals surface area contributed by atoms with Crippen LogP contribution in [0.25, 0.3) is 0 Å². The zero-order valence-corrected chi connectivity index (χ0v) is 13.3. The molecule has 5 heteroatoms. The topological polar surface area (TPSA) is 47.0 Å². The number of aliphatic hydroxyl groups excluding tert-OH is 1. The van der Waals surface area contributed by atoms with Crippen LogP contribution in [0.15, 0.2) is 24.3 Å². The number of hydrogen-bond acceptors (Lipinski definition) is 4. The third-order valence-electron chi connectivity index (χ3n) is 3.91. The minimum atomic E-state index is -0.475. The van der Waals surface area contributed by atoms with E-state index in [1.165, 1.54) is 5.56 Å². The van der Waals surface area contributed by atoms with E-state index in [4.69, 9.17) is 0 Å². The first-order chi connectivity index (χ1) is 9.88. The van der Waals surface area contributed by atoms with Crippen molar-refractivity contribution >= 4 is 5.91 Å². The molecule has 21 heavy (non-hydrogen) atoms. The van der Waals surface area contributed by atoms with Gasteiger partial charge in [0.2, 0.25) is 0 Å². The van der Waals surface area contributed by atoms with Crippen LogP contribution in [-0.4, -0.2) is 79.1 Å². The monoisotopic (exact) mass is 291 g/mol. The summed E-state index contributed by atoms with van der Waals surface area (Å²) in [5.74, 6) is -0.00481. The number of amides is 1. The molecular formula is C16H25N3O2. The van der Waals surface area contributed by atoms with Crippen LogP contribution < -0.4 is 0 Å². The molecule has 1 aliphatic heterocycles. The standard InChI is InChI=1S/C16H25N3O2/c1-17(2)9-12-5-7-13(8-6-12)16(21)19-10-14(18(3)4)15(20)11-19/h5-8,14-15,20H,9-11H2,1-4H3/t14-,15-/m1/s1. The van der Waals surface area contributed by atoms with E-state index < -0.39 is 6.10 Å². The molecule has 5 nitrogen and oxygen atoms in total. The molecule has 0 radical (unpaired) electrons. The van der Waals surface area contributed by atoms with Crippen LogP contribution in [0.3, 0.4) is 0 Å². The molecule has 116 valence electrons. The highest BCUT2D eigenvalue weighted by atomic mass is 16.3. The van der Waals surface area contributed by atoms with Crippen LogP contribution in [0, 0.1) is 0 Å². The van der Waals surface area contributed by atoms with Gasteiger partial charge in [0, 0.05) is 25.2 Å². The highest BCUT2D eigenvalue weighted by molar-refractivity contribution is 5.94. The van der Waals surface area contributed by atoms with Crippen LogP contribution in [0.2, 0.25) is 0 Å². The summed E-state index contributed by atoms with van der Waals surface area (Å²) in [4.78, 5) is 18.3. The molecule has 1 aliphatic rings. The Labute approximate surface area is 126 Å². The van der Waals surface area contributed by atoms with Crippen LogP contribution in [0.1, 0.15) is 15.9 Å². The molecule has 1 heterocycles. The van der Waals surface area contributed by atoms with Crippen molar-refractivity contribution in [2.75, 3.05) is 41.3 Å². The third kappa shape index (κ3) is 3.81. The lowest BCUT2D eigenvalue weighted by Gasteiger charge is -2.21. The van der Waals surface area contributed by atoms with E-state index in [0.717, 1.165) is 6.54 Å². The molecule has 0 aliphatic carbocycles. The average molecular weight is 291 g/mol. The molecule has 1 aromatic carbocycles. The Balaban J connectivity index is 2.04. The Morgan fingerprint density at radius 2 is 1.81 bits per heavy atom. The Morgan fingerprint density at radius 1 is 1.19 bits per heavy atom. The van der Waals surface area contributed by atoms with Crippen molar-refractivity contribution in [3.63, 3.8) is 0 Å². The van der Waals surface area contributed by atoms with Gasteiger partial charge in [-0.3, -0.25) is 4.79 Å². The molecular weight excluding hydrogens is 266 g/mol. The molecule has 1 saturated heterocycles. The zero-order valence-electron chi connectivity index (χ0n) is 13.3. The fraction of sp³-hybridized carbons (Fsp3) is 0.562. The summed E-state index contributed by atoms with van der Waals surface area (Å²) in [6.07, 6.45) is -0.475. The summed E-state index contributed by atoms with van der Waals surface area (Å²) in [6.45, 7) is 1.84. The maximum absolute atomic E-state index is 12.5. The number of benzene rings is 1. The minimum absolute atomic E-state index is 0.00481. The Morgan fingerprint density at radius 3 is 2.29 bits per heavy atom. The van der Waals surface area contributed by atoms with Crippen molar-refractivity contribution in [2.24, 2.45) is 0 Å². The predicted molar refractivity (Wildman–Crippen MR) is 83.2 cm³/mol. The minimum Gasteiger partial charge on any atom is -0.390 e.